The molecule has 0 aromatic heterocycles. The van der Waals surface area contributed by atoms with Crippen LogP contribution < -0.4 is 9.41 Å². The molecule has 0 aliphatic carbocycles. The molecule has 0 spiro atoms. The largest absolute Gasteiger partial charge is 4.00 e. The average molecular weight is 240 g/mol. The molecule has 0 fully saturated rings. The van der Waals surface area contributed by atoms with Gasteiger partial charge in [0.15, 0.2) is 0 Å². The van der Waals surface area contributed by atoms with E-state index >= 15 is 0 Å². The van der Waals surface area contributed by atoms with Gasteiger partial charge in [0.1, 0.15) is 0 Å². The second-order valence-electron chi connectivity index (χ2n) is 2.15. The van der Waals surface area contributed by atoms with Crippen LogP contribution in [-0.2, 0) is 21.7 Å². The van der Waals surface area contributed by atoms with Crippen molar-refractivity contribution in [2.75, 3.05) is 0 Å². The van der Waals surface area contributed by atoms with E-state index in [9.17, 15) is 0 Å². The quantitative estimate of drug-likeness (QED) is 0.339. The van der Waals surface area contributed by atoms with Gasteiger partial charge in [0, 0.05) is 0 Å². The molecule has 15 heavy (non-hydrogen) atoms. The molecule has 0 nitrogen and oxygen atoms in total. The van der Waals surface area contributed by atoms with Gasteiger partial charge in [-0.3, -0.25) is 0 Å². The van der Waals surface area contributed by atoms with Gasteiger partial charge in [0.2, 0.25) is 0 Å². The molecule has 0 atom stereocenters. The van der Waals surface area contributed by atoms with Crippen molar-refractivity contribution in [2.24, 2.45) is 0 Å². The summed E-state index contributed by atoms with van der Waals surface area (Å²) in [4.78, 5) is 0. The smallest absolute Gasteiger partial charge is 1.00 e. The second-order valence-corrected chi connectivity index (χ2v) is 2.15. The van der Waals surface area contributed by atoms with E-state index in [2.05, 4.69) is 12.1 Å². The molecule has 0 N–H and O–H groups in total. The maximum Gasteiger partial charge on any atom is 4.00 e. The van der Waals surface area contributed by atoms with E-state index in [0.29, 0.717) is 0 Å². The fraction of sp³-hybridized carbons (Fsp3) is 0. The normalized spacial score (nSPS) is 6.40. The molecule has 3 heteroatoms. The summed E-state index contributed by atoms with van der Waals surface area (Å²) in [5, 5.41) is 0. The topological polar surface area (TPSA) is 0 Å². The number of rotatable bonds is 0. The first kappa shape index (κ1) is 19.6. The Morgan fingerprint density at radius 3 is 0.800 bits per heavy atom. The molecule has 2 rings (SSSR count). The predicted octanol–water partition coefficient (Wildman–Crippen LogP) is -3.02. The number of benzene rings is 2. The van der Waals surface area contributed by atoms with Crippen LogP contribution in [-0.4, -0.2) is 0 Å². The molecule has 0 saturated heterocycles. The Kier molecular flexibility index (Phi) is 20.2. The summed E-state index contributed by atoms with van der Waals surface area (Å²) in [6, 6.07) is 25.0. The molecule has 0 radical (unpaired) electrons. The van der Waals surface area contributed by atoms with Crippen molar-refractivity contribution >= 4 is 0 Å². The summed E-state index contributed by atoms with van der Waals surface area (Å²) in [6.07, 6.45) is 0. The van der Waals surface area contributed by atoms with E-state index < -0.39 is 0 Å². The van der Waals surface area contributed by atoms with Gasteiger partial charge in [0.25, 0.3) is 0 Å². The average Bonchev–Trinajstić information content (AvgIpc) is 2.24. The third-order valence-electron chi connectivity index (χ3n) is 1.21. The number of hydrogen-bond acceptors (Lipinski definition) is 0. The molecule has 76 valence electrons. The van der Waals surface area contributed by atoms with Gasteiger partial charge in [-0.25, -0.2) is 0 Å². The van der Waals surface area contributed by atoms with E-state index in [1.54, 1.807) is 0 Å². The van der Waals surface area contributed by atoms with Gasteiger partial charge < -0.3 is 9.41 Å². The van der Waals surface area contributed by atoms with Crippen molar-refractivity contribution in [2.45, 2.75) is 0 Å². The summed E-state index contributed by atoms with van der Waals surface area (Å²) in [5.41, 5.74) is 0. The maximum absolute atomic E-state index is 2.89. The Labute approximate surface area is 104 Å². The first-order valence-corrected chi connectivity index (χ1v) is 3.82. The Hall–Kier alpha value is -0.986. The summed E-state index contributed by atoms with van der Waals surface area (Å²) >= 11 is 0. The molecule has 0 unspecified atom stereocenters. The van der Waals surface area contributed by atoms with Crippen molar-refractivity contribution in [3.8, 4) is 0 Å². The zero-order valence-electron chi connectivity index (χ0n) is 8.03. The SMILES string of the molecule is [F-].[F-].[Ti+4].[c-]1ccccc1.[c-]1ccccc1. The van der Waals surface area contributed by atoms with Gasteiger partial charge >= 0.3 is 21.7 Å². The summed E-state index contributed by atoms with van der Waals surface area (Å²) in [6.45, 7) is 0. The van der Waals surface area contributed by atoms with Crippen LogP contribution in [0.25, 0.3) is 0 Å². The van der Waals surface area contributed by atoms with Gasteiger partial charge in [-0.15, -0.1) is 0 Å². The van der Waals surface area contributed by atoms with E-state index in [1.165, 1.54) is 0 Å². The van der Waals surface area contributed by atoms with Gasteiger partial charge in [-0.1, -0.05) is 0 Å². The first-order valence-electron chi connectivity index (χ1n) is 3.82. The molecule has 2 aromatic carbocycles. The Morgan fingerprint density at radius 1 is 0.467 bits per heavy atom. The molecule has 0 bridgehead atoms. The molecular weight excluding hydrogens is 230 g/mol. The zero-order valence-corrected chi connectivity index (χ0v) is 9.59. The van der Waals surface area contributed by atoms with Crippen LogP contribution in [0.1, 0.15) is 0 Å². The molecule has 0 amide bonds. The van der Waals surface area contributed by atoms with Gasteiger partial charge in [0.05, 0.1) is 0 Å². The third kappa shape index (κ3) is 13.0. The minimum absolute atomic E-state index is 0. The van der Waals surface area contributed by atoms with Crippen LogP contribution in [0.3, 0.4) is 0 Å². The number of hydrogen-bond donors (Lipinski definition) is 0. The fourth-order valence-electron chi connectivity index (χ4n) is 0.684. The van der Waals surface area contributed by atoms with Gasteiger partial charge in [-0.05, 0) is 0 Å². The van der Waals surface area contributed by atoms with Crippen molar-refractivity contribution < 1.29 is 31.1 Å². The van der Waals surface area contributed by atoms with Crippen molar-refractivity contribution in [3.05, 3.63) is 72.8 Å². The van der Waals surface area contributed by atoms with Crippen LogP contribution in [0.4, 0.5) is 0 Å². The van der Waals surface area contributed by atoms with Crippen LogP contribution in [0.15, 0.2) is 60.7 Å². The van der Waals surface area contributed by atoms with E-state index in [4.69, 9.17) is 0 Å². The maximum atomic E-state index is 2.89. The van der Waals surface area contributed by atoms with E-state index in [-0.39, 0.29) is 31.1 Å². The van der Waals surface area contributed by atoms with E-state index in [0.717, 1.165) is 0 Å². The molecule has 0 saturated carbocycles. The molecule has 0 aliphatic heterocycles. The standard InChI is InChI=1S/2C6H5.2FH.Ti/c2*1-2-4-6-5-3-1;;;/h2*1-5H;2*1H;/q2*-1;;;+4/p-2. The molecule has 2 aromatic rings. The second kappa shape index (κ2) is 15.5. The minimum atomic E-state index is 0. The first-order chi connectivity index (χ1) is 6.00. The Balaban J connectivity index is -0.000000160. The molecule has 0 aliphatic rings. The van der Waals surface area contributed by atoms with Crippen LogP contribution in [0.5, 0.6) is 0 Å². The minimum Gasteiger partial charge on any atom is -1.00 e. The van der Waals surface area contributed by atoms with Crippen LogP contribution in [0.2, 0.25) is 0 Å². The summed E-state index contributed by atoms with van der Waals surface area (Å²) in [7, 11) is 0. The summed E-state index contributed by atoms with van der Waals surface area (Å²) in [5.74, 6) is 0. The van der Waals surface area contributed by atoms with Crippen molar-refractivity contribution in [1.82, 2.24) is 0 Å². The third-order valence-corrected chi connectivity index (χ3v) is 1.21. The monoisotopic (exact) mass is 240 g/mol. The van der Waals surface area contributed by atoms with Crippen molar-refractivity contribution in [3.63, 3.8) is 0 Å². The Morgan fingerprint density at radius 2 is 0.733 bits per heavy atom. The number of halogens is 2. The fourth-order valence-corrected chi connectivity index (χ4v) is 0.684. The molecular formula is C12H10F2Ti. The van der Waals surface area contributed by atoms with Crippen LogP contribution in [0, 0.1) is 12.1 Å². The van der Waals surface area contributed by atoms with E-state index in [1.807, 2.05) is 60.7 Å². The van der Waals surface area contributed by atoms with Crippen molar-refractivity contribution in [1.29, 1.82) is 0 Å². The predicted molar refractivity (Wildman–Crippen MR) is 50.6 cm³/mol. The zero-order chi connectivity index (χ0) is 8.49. The molecule has 0 heterocycles. The Bertz CT molecular complexity index is 189. The summed E-state index contributed by atoms with van der Waals surface area (Å²) < 4.78 is 0. The van der Waals surface area contributed by atoms with Gasteiger partial charge in [-0.2, -0.15) is 72.8 Å². The van der Waals surface area contributed by atoms with Crippen LogP contribution >= 0.6 is 0 Å².